The van der Waals surface area contributed by atoms with Gasteiger partial charge in [-0.25, -0.2) is 0 Å². The Balaban J connectivity index is 3.02. The molecular weight excluding hydrogens is 182 g/mol. The fraction of sp³-hybridized carbons (Fsp3) is 0.222. The molecule has 5 nitrogen and oxygen atoms in total. The number of aromatic nitrogens is 1. The van der Waals surface area contributed by atoms with Crippen molar-refractivity contribution in [2.45, 2.75) is 0 Å². The number of pyridine rings is 1. The normalized spacial score (nSPS) is 10.9. The third-order valence-electron chi connectivity index (χ3n) is 1.53. The van der Waals surface area contributed by atoms with Gasteiger partial charge in [-0.3, -0.25) is 9.78 Å². The lowest BCUT2D eigenvalue weighted by atomic mass is 10.2. The summed E-state index contributed by atoms with van der Waals surface area (Å²) in [7, 11) is 2.91. The van der Waals surface area contributed by atoms with Crippen LogP contribution in [0.4, 0.5) is 0 Å². The van der Waals surface area contributed by atoms with Crippen LogP contribution in [-0.4, -0.2) is 30.8 Å². The van der Waals surface area contributed by atoms with Gasteiger partial charge in [0.15, 0.2) is 5.71 Å². The first-order chi connectivity index (χ1) is 6.79. The highest BCUT2D eigenvalue weighted by Crippen LogP contribution is 1.97. The lowest BCUT2D eigenvalue weighted by Crippen LogP contribution is -2.29. The maximum absolute atomic E-state index is 11.3. The number of rotatable bonds is 3. The number of oxime groups is 1. The zero-order chi connectivity index (χ0) is 10.4. The van der Waals surface area contributed by atoms with Crippen LogP contribution in [0.1, 0.15) is 5.69 Å². The Labute approximate surface area is 81.8 Å². The Kier molecular flexibility index (Phi) is 3.60. The molecule has 0 radical (unpaired) electrons. The predicted octanol–water partition coefficient (Wildman–Crippen LogP) is 0.178. The number of likely N-dealkylation sites (N-methyl/N-ethyl adjacent to an activating group) is 1. The molecule has 0 aliphatic carbocycles. The second-order valence-electron chi connectivity index (χ2n) is 2.42. The van der Waals surface area contributed by atoms with Gasteiger partial charge < -0.3 is 10.2 Å². The monoisotopic (exact) mass is 193 g/mol. The van der Waals surface area contributed by atoms with Crippen molar-refractivity contribution in [3.05, 3.63) is 30.1 Å². The van der Waals surface area contributed by atoms with Crippen molar-refractivity contribution in [2.75, 3.05) is 14.2 Å². The molecule has 0 bridgehead atoms. The molecule has 0 saturated heterocycles. The van der Waals surface area contributed by atoms with E-state index in [1.807, 2.05) is 0 Å². The summed E-state index contributed by atoms with van der Waals surface area (Å²) in [6.07, 6.45) is 1.59. The Morgan fingerprint density at radius 3 is 2.86 bits per heavy atom. The quantitative estimate of drug-likeness (QED) is 0.550. The van der Waals surface area contributed by atoms with Crippen LogP contribution in [0.15, 0.2) is 29.6 Å². The van der Waals surface area contributed by atoms with Gasteiger partial charge in [-0.2, -0.15) is 0 Å². The van der Waals surface area contributed by atoms with Crippen molar-refractivity contribution in [3.63, 3.8) is 0 Å². The van der Waals surface area contributed by atoms with E-state index in [0.29, 0.717) is 5.69 Å². The van der Waals surface area contributed by atoms with Crippen molar-refractivity contribution in [1.29, 1.82) is 0 Å². The molecule has 0 spiro atoms. The lowest BCUT2D eigenvalue weighted by molar-refractivity contribution is -0.114. The number of hydrogen-bond donors (Lipinski definition) is 1. The van der Waals surface area contributed by atoms with E-state index in [9.17, 15) is 4.79 Å². The van der Waals surface area contributed by atoms with Crippen LogP contribution < -0.4 is 5.32 Å². The molecule has 1 aromatic rings. The fourth-order valence-electron chi connectivity index (χ4n) is 0.917. The maximum Gasteiger partial charge on any atom is 0.275 e. The second-order valence-corrected chi connectivity index (χ2v) is 2.42. The standard InChI is InChI=1S/C9H11N3O2/c1-10-9(13)8(12-14-2)7-5-3-4-6-11-7/h3-6H,1-2H3,(H,10,13)/b12-8+. The molecule has 74 valence electrons. The molecular formula is C9H11N3O2. The van der Waals surface area contributed by atoms with Crippen LogP contribution in [0.25, 0.3) is 0 Å². The van der Waals surface area contributed by atoms with E-state index in [-0.39, 0.29) is 11.6 Å². The van der Waals surface area contributed by atoms with E-state index < -0.39 is 0 Å². The largest absolute Gasteiger partial charge is 0.398 e. The van der Waals surface area contributed by atoms with Crippen LogP contribution in [0.5, 0.6) is 0 Å². The minimum atomic E-state index is -0.328. The van der Waals surface area contributed by atoms with Crippen molar-refractivity contribution in [3.8, 4) is 0 Å². The van der Waals surface area contributed by atoms with Gasteiger partial charge in [0.2, 0.25) is 0 Å². The molecule has 1 heterocycles. The molecule has 0 aliphatic rings. The van der Waals surface area contributed by atoms with Gasteiger partial charge >= 0.3 is 0 Å². The van der Waals surface area contributed by atoms with Gasteiger partial charge in [0.25, 0.3) is 5.91 Å². The second kappa shape index (κ2) is 4.96. The number of nitrogens with one attached hydrogen (secondary N) is 1. The Hall–Kier alpha value is -1.91. The lowest BCUT2D eigenvalue weighted by Gasteiger charge is -2.02. The maximum atomic E-state index is 11.3. The van der Waals surface area contributed by atoms with Crippen LogP contribution in [0.2, 0.25) is 0 Å². The summed E-state index contributed by atoms with van der Waals surface area (Å²) in [5.74, 6) is -0.328. The summed E-state index contributed by atoms with van der Waals surface area (Å²) in [6.45, 7) is 0. The van der Waals surface area contributed by atoms with Crippen molar-refractivity contribution >= 4 is 11.6 Å². The summed E-state index contributed by atoms with van der Waals surface area (Å²) < 4.78 is 0. The summed E-state index contributed by atoms with van der Waals surface area (Å²) in [4.78, 5) is 19.9. The van der Waals surface area contributed by atoms with E-state index in [1.54, 1.807) is 24.4 Å². The minimum absolute atomic E-state index is 0.163. The summed E-state index contributed by atoms with van der Waals surface area (Å²) in [6, 6.07) is 5.22. The van der Waals surface area contributed by atoms with Crippen molar-refractivity contribution in [1.82, 2.24) is 10.3 Å². The third-order valence-corrected chi connectivity index (χ3v) is 1.53. The summed E-state index contributed by atoms with van der Waals surface area (Å²) in [5.41, 5.74) is 0.643. The molecule has 0 fully saturated rings. The van der Waals surface area contributed by atoms with E-state index in [0.717, 1.165) is 0 Å². The molecule has 0 aromatic carbocycles. The van der Waals surface area contributed by atoms with Crippen LogP contribution in [0, 0.1) is 0 Å². The zero-order valence-electron chi connectivity index (χ0n) is 8.02. The first-order valence-corrected chi connectivity index (χ1v) is 4.04. The van der Waals surface area contributed by atoms with Crippen molar-refractivity contribution < 1.29 is 9.63 Å². The first-order valence-electron chi connectivity index (χ1n) is 4.04. The summed E-state index contributed by atoms with van der Waals surface area (Å²) in [5, 5.41) is 6.07. The van der Waals surface area contributed by atoms with Gasteiger partial charge in [0.05, 0.1) is 5.69 Å². The first kappa shape index (κ1) is 10.2. The Morgan fingerprint density at radius 2 is 2.36 bits per heavy atom. The fourth-order valence-corrected chi connectivity index (χ4v) is 0.917. The molecule has 1 N–H and O–H groups in total. The molecule has 1 rings (SSSR count). The molecule has 0 unspecified atom stereocenters. The van der Waals surface area contributed by atoms with Gasteiger partial charge in [-0.05, 0) is 12.1 Å². The smallest absolute Gasteiger partial charge is 0.275 e. The predicted molar refractivity (Wildman–Crippen MR) is 51.8 cm³/mol. The highest BCUT2D eigenvalue weighted by Gasteiger charge is 2.13. The molecule has 1 amide bonds. The third kappa shape index (κ3) is 2.29. The van der Waals surface area contributed by atoms with Crippen LogP contribution in [-0.2, 0) is 9.63 Å². The number of hydrogen-bond acceptors (Lipinski definition) is 4. The van der Waals surface area contributed by atoms with Crippen molar-refractivity contribution in [2.24, 2.45) is 5.16 Å². The highest BCUT2D eigenvalue weighted by molar-refractivity contribution is 6.44. The van der Waals surface area contributed by atoms with E-state index >= 15 is 0 Å². The van der Waals surface area contributed by atoms with E-state index in [4.69, 9.17) is 0 Å². The SMILES string of the molecule is CNC(=O)/C(=N/OC)c1ccccn1. The molecule has 5 heteroatoms. The van der Waals surface area contributed by atoms with E-state index in [1.165, 1.54) is 14.2 Å². The van der Waals surface area contributed by atoms with Crippen LogP contribution in [0.3, 0.4) is 0 Å². The van der Waals surface area contributed by atoms with E-state index in [2.05, 4.69) is 20.3 Å². The molecule has 0 saturated carbocycles. The van der Waals surface area contributed by atoms with Gasteiger partial charge in [0.1, 0.15) is 7.11 Å². The molecule has 0 atom stereocenters. The van der Waals surface area contributed by atoms with Gasteiger partial charge in [-0.15, -0.1) is 0 Å². The number of carbonyl (C=O) groups excluding carboxylic acids is 1. The summed E-state index contributed by atoms with van der Waals surface area (Å²) >= 11 is 0. The number of nitrogens with zero attached hydrogens (tertiary/aromatic N) is 2. The average Bonchev–Trinajstić information content (AvgIpc) is 2.26. The van der Waals surface area contributed by atoms with Gasteiger partial charge in [0, 0.05) is 13.2 Å². The molecule has 0 aliphatic heterocycles. The molecule has 14 heavy (non-hydrogen) atoms. The average molecular weight is 193 g/mol. The minimum Gasteiger partial charge on any atom is -0.398 e. The Bertz CT molecular complexity index is 335. The topological polar surface area (TPSA) is 63.6 Å². The number of carbonyl (C=O) groups is 1. The highest BCUT2D eigenvalue weighted by atomic mass is 16.6. The van der Waals surface area contributed by atoms with Crippen LogP contribution >= 0.6 is 0 Å². The van der Waals surface area contributed by atoms with Gasteiger partial charge in [-0.1, -0.05) is 11.2 Å². The number of amides is 1. The Morgan fingerprint density at radius 1 is 1.57 bits per heavy atom. The molecule has 1 aromatic heterocycles. The zero-order valence-corrected chi connectivity index (χ0v) is 8.02.